The molecule has 0 spiro atoms. The van der Waals surface area contributed by atoms with Crippen LogP contribution in [0.15, 0.2) is 18.2 Å². The fourth-order valence-corrected chi connectivity index (χ4v) is 2.00. The minimum Gasteiger partial charge on any atom is -0.325 e. The minimum atomic E-state index is -0.268. The first-order valence-electron chi connectivity index (χ1n) is 6.05. The largest absolute Gasteiger partial charge is 0.325 e. The summed E-state index contributed by atoms with van der Waals surface area (Å²) in [5.74, 6) is 0.536. The van der Waals surface area contributed by atoms with E-state index in [0.717, 1.165) is 24.4 Å². The molecule has 1 aromatic carbocycles. The summed E-state index contributed by atoms with van der Waals surface area (Å²) in [6.45, 7) is 3.58. The predicted molar refractivity (Wildman–Crippen MR) is 70.8 cm³/mol. The van der Waals surface area contributed by atoms with E-state index in [2.05, 4.69) is 14.5 Å². The van der Waals surface area contributed by atoms with Crippen molar-refractivity contribution in [3.8, 4) is 0 Å². The van der Waals surface area contributed by atoms with Gasteiger partial charge >= 0.3 is 0 Å². The Labute approximate surface area is 106 Å². The second kappa shape index (κ2) is 5.04. The highest BCUT2D eigenvalue weighted by Gasteiger charge is 2.14. The van der Waals surface area contributed by atoms with E-state index in [1.54, 1.807) is 6.07 Å². The lowest BCUT2D eigenvalue weighted by atomic mass is 10.3. The maximum Gasteiger partial charge on any atom is 0.126 e. The highest BCUT2D eigenvalue weighted by molar-refractivity contribution is 5.76. The van der Waals surface area contributed by atoms with Crippen LogP contribution in [-0.2, 0) is 6.54 Å². The molecule has 18 heavy (non-hydrogen) atoms. The van der Waals surface area contributed by atoms with Gasteiger partial charge in [0.2, 0.25) is 0 Å². The van der Waals surface area contributed by atoms with Crippen LogP contribution in [0.4, 0.5) is 4.39 Å². The molecule has 5 heteroatoms. The lowest BCUT2D eigenvalue weighted by molar-refractivity contribution is 0.381. The van der Waals surface area contributed by atoms with Crippen LogP contribution in [0.2, 0.25) is 0 Å². The van der Waals surface area contributed by atoms with Crippen molar-refractivity contribution in [1.29, 1.82) is 0 Å². The number of nitrogens with two attached hydrogens (primary N) is 1. The van der Waals surface area contributed by atoms with E-state index in [1.165, 1.54) is 12.1 Å². The Bertz CT molecular complexity index is 545. The van der Waals surface area contributed by atoms with Gasteiger partial charge in [0.25, 0.3) is 0 Å². The third kappa shape index (κ3) is 2.52. The van der Waals surface area contributed by atoms with Gasteiger partial charge in [-0.05, 0) is 33.2 Å². The smallest absolute Gasteiger partial charge is 0.126 e. The summed E-state index contributed by atoms with van der Waals surface area (Å²) in [7, 11) is 4.04. The SMILES string of the molecule is CC(N)c1nc2cc(F)ccc2n1CCN(C)C. The number of imidazole rings is 1. The van der Waals surface area contributed by atoms with Crippen LogP contribution in [0.3, 0.4) is 0 Å². The molecule has 2 N–H and O–H groups in total. The Kier molecular flexibility index (Phi) is 3.63. The Morgan fingerprint density at radius 2 is 2.17 bits per heavy atom. The summed E-state index contributed by atoms with van der Waals surface area (Å²) in [6.07, 6.45) is 0. The fourth-order valence-electron chi connectivity index (χ4n) is 2.00. The molecule has 0 bridgehead atoms. The molecule has 1 atom stereocenters. The second-order valence-electron chi connectivity index (χ2n) is 4.85. The highest BCUT2D eigenvalue weighted by Crippen LogP contribution is 2.20. The molecule has 1 unspecified atom stereocenters. The maximum absolute atomic E-state index is 13.2. The third-order valence-electron chi connectivity index (χ3n) is 2.92. The average Bonchev–Trinajstić information content (AvgIpc) is 2.64. The van der Waals surface area contributed by atoms with E-state index in [0.29, 0.717) is 5.52 Å². The van der Waals surface area contributed by atoms with E-state index in [1.807, 2.05) is 21.0 Å². The van der Waals surface area contributed by atoms with Gasteiger partial charge in [0.1, 0.15) is 11.6 Å². The van der Waals surface area contributed by atoms with Crippen molar-refractivity contribution in [2.75, 3.05) is 20.6 Å². The number of aromatic nitrogens is 2. The highest BCUT2D eigenvalue weighted by atomic mass is 19.1. The number of nitrogens with zero attached hydrogens (tertiary/aromatic N) is 3. The molecule has 0 fully saturated rings. The zero-order chi connectivity index (χ0) is 13.3. The van der Waals surface area contributed by atoms with Gasteiger partial charge in [-0.25, -0.2) is 9.37 Å². The number of halogens is 1. The summed E-state index contributed by atoms with van der Waals surface area (Å²) < 4.78 is 15.3. The van der Waals surface area contributed by atoms with Crippen molar-refractivity contribution < 1.29 is 4.39 Å². The van der Waals surface area contributed by atoms with E-state index in [4.69, 9.17) is 5.73 Å². The van der Waals surface area contributed by atoms with Gasteiger partial charge in [0.05, 0.1) is 17.1 Å². The van der Waals surface area contributed by atoms with Gasteiger partial charge in [-0.15, -0.1) is 0 Å². The van der Waals surface area contributed by atoms with Crippen molar-refractivity contribution in [3.63, 3.8) is 0 Å². The molecule has 0 radical (unpaired) electrons. The van der Waals surface area contributed by atoms with Crippen molar-refractivity contribution >= 4 is 11.0 Å². The van der Waals surface area contributed by atoms with E-state index in [-0.39, 0.29) is 11.9 Å². The zero-order valence-electron chi connectivity index (χ0n) is 11.0. The molecule has 1 aromatic heterocycles. The Hall–Kier alpha value is -1.46. The molecule has 2 aromatic rings. The van der Waals surface area contributed by atoms with Crippen LogP contribution in [-0.4, -0.2) is 35.1 Å². The van der Waals surface area contributed by atoms with Gasteiger partial charge in [-0.2, -0.15) is 0 Å². The van der Waals surface area contributed by atoms with Crippen LogP contribution >= 0.6 is 0 Å². The molecule has 0 aliphatic heterocycles. The average molecular weight is 250 g/mol. The molecule has 0 amide bonds. The monoisotopic (exact) mass is 250 g/mol. The normalized spacial score (nSPS) is 13.4. The van der Waals surface area contributed by atoms with E-state index < -0.39 is 0 Å². The quantitative estimate of drug-likeness (QED) is 0.899. The van der Waals surface area contributed by atoms with Crippen molar-refractivity contribution in [2.24, 2.45) is 5.73 Å². The lowest BCUT2D eigenvalue weighted by Gasteiger charge is -2.14. The molecule has 0 aliphatic rings. The van der Waals surface area contributed by atoms with E-state index >= 15 is 0 Å². The summed E-state index contributed by atoms with van der Waals surface area (Å²) >= 11 is 0. The Balaban J connectivity index is 2.48. The standard InChI is InChI=1S/C13H19FN4/c1-9(15)13-16-11-8-10(14)4-5-12(11)18(13)7-6-17(2)3/h4-5,8-9H,6-7,15H2,1-3H3. The summed E-state index contributed by atoms with van der Waals surface area (Å²) in [6, 6.07) is 4.51. The molecular formula is C13H19FN4. The fraction of sp³-hybridized carbons (Fsp3) is 0.462. The number of hydrogen-bond donors (Lipinski definition) is 1. The lowest BCUT2D eigenvalue weighted by Crippen LogP contribution is -2.21. The van der Waals surface area contributed by atoms with Crippen LogP contribution in [0.1, 0.15) is 18.8 Å². The van der Waals surface area contributed by atoms with Gasteiger partial charge in [0, 0.05) is 19.2 Å². The molecule has 0 saturated heterocycles. The van der Waals surface area contributed by atoms with Crippen LogP contribution in [0.25, 0.3) is 11.0 Å². The number of likely N-dealkylation sites (N-methyl/N-ethyl adjacent to an activating group) is 1. The number of rotatable bonds is 4. The summed E-state index contributed by atoms with van der Waals surface area (Å²) in [5, 5.41) is 0. The topological polar surface area (TPSA) is 47.1 Å². The maximum atomic E-state index is 13.2. The number of benzene rings is 1. The molecule has 0 saturated carbocycles. The van der Waals surface area contributed by atoms with Gasteiger partial charge in [-0.3, -0.25) is 0 Å². The minimum absolute atomic E-state index is 0.164. The van der Waals surface area contributed by atoms with Gasteiger partial charge < -0.3 is 15.2 Å². The van der Waals surface area contributed by atoms with Crippen LogP contribution in [0, 0.1) is 5.82 Å². The molecule has 98 valence electrons. The van der Waals surface area contributed by atoms with Gasteiger partial charge in [-0.1, -0.05) is 0 Å². The van der Waals surface area contributed by atoms with Crippen molar-refractivity contribution in [3.05, 3.63) is 29.8 Å². The van der Waals surface area contributed by atoms with Gasteiger partial charge in [0.15, 0.2) is 0 Å². The number of hydrogen-bond acceptors (Lipinski definition) is 3. The third-order valence-corrected chi connectivity index (χ3v) is 2.92. The first kappa shape index (κ1) is 13.0. The molecular weight excluding hydrogens is 231 g/mol. The molecule has 1 heterocycles. The molecule has 4 nitrogen and oxygen atoms in total. The zero-order valence-corrected chi connectivity index (χ0v) is 11.0. The van der Waals surface area contributed by atoms with Crippen LogP contribution in [0.5, 0.6) is 0 Å². The number of fused-ring (bicyclic) bond motifs is 1. The Morgan fingerprint density at radius 1 is 1.44 bits per heavy atom. The first-order chi connectivity index (χ1) is 8.49. The predicted octanol–water partition coefficient (Wildman–Crippen LogP) is 1.76. The van der Waals surface area contributed by atoms with E-state index in [9.17, 15) is 4.39 Å². The summed E-state index contributed by atoms with van der Waals surface area (Å²) in [5.41, 5.74) is 7.54. The summed E-state index contributed by atoms with van der Waals surface area (Å²) in [4.78, 5) is 6.53. The Morgan fingerprint density at radius 3 is 2.78 bits per heavy atom. The van der Waals surface area contributed by atoms with Crippen LogP contribution < -0.4 is 5.73 Å². The first-order valence-corrected chi connectivity index (χ1v) is 6.05. The van der Waals surface area contributed by atoms with Crippen molar-refractivity contribution in [1.82, 2.24) is 14.5 Å². The second-order valence-corrected chi connectivity index (χ2v) is 4.85. The van der Waals surface area contributed by atoms with Crippen molar-refractivity contribution in [2.45, 2.75) is 19.5 Å². The molecule has 0 aliphatic carbocycles. The molecule has 2 rings (SSSR count).